The lowest BCUT2D eigenvalue weighted by Gasteiger charge is -2.34. The van der Waals surface area contributed by atoms with E-state index >= 15 is 0 Å². The van der Waals surface area contributed by atoms with Crippen LogP contribution >= 0.6 is 11.8 Å². The Hall–Kier alpha value is -2.28. The summed E-state index contributed by atoms with van der Waals surface area (Å²) >= 11 is 1.46. The molecule has 2 unspecified atom stereocenters. The minimum atomic E-state index is -0.350. The number of nitrogens with one attached hydrogen (secondary N) is 1. The lowest BCUT2D eigenvalue weighted by Crippen LogP contribution is -2.33. The number of thioether (sulfide) groups is 1. The molecule has 2 N–H and O–H groups in total. The van der Waals surface area contributed by atoms with E-state index in [2.05, 4.69) is 22.3 Å². The highest BCUT2D eigenvalue weighted by Crippen LogP contribution is 2.42. The van der Waals surface area contributed by atoms with E-state index in [0.29, 0.717) is 23.4 Å². The van der Waals surface area contributed by atoms with Crippen LogP contribution in [0.1, 0.15) is 31.4 Å². The minimum Gasteiger partial charge on any atom is -0.508 e. The molecule has 2 heterocycles. The maximum absolute atomic E-state index is 12.8. The summed E-state index contributed by atoms with van der Waals surface area (Å²) in [7, 11) is 0. The SMILES string of the molecule is CSc1nc2n(n1)C(c1cccc(O)c1)C1=C(CC(C)CC1=O)N2. The van der Waals surface area contributed by atoms with Crippen LogP contribution in [0.15, 0.2) is 40.7 Å². The van der Waals surface area contributed by atoms with Crippen molar-refractivity contribution >= 4 is 23.5 Å². The third-order valence-corrected chi connectivity index (χ3v) is 5.01. The van der Waals surface area contributed by atoms with E-state index in [-0.39, 0.29) is 17.6 Å². The Morgan fingerprint density at radius 2 is 2.21 bits per heavy atom. The number of anilines is 1. The van der Waals surface area contributed by atoms with Gasteiger partial charge < -0.3 is 10.4 Å². The molecule has 0 amide bonds. The number of allylic oxidation sites excluding steroid dienone is 2. The van der Waals surface area contributed by atoms with Crippen LogP contribution in [0.3, 0.4) is 0 Å². The lowest BCUT2D eigenvalue weighted by molar-refractivity contribution is -0.117. The average Bonchev–Trinajstić information content (AvgIpc) is 2.95. The zero-order valence-corrected chi connectivity index (χ0v) is 14.3. The van der Waals surface area contributed by atoms with Gasteiger partial charge in [0.1, 0.15) is 11.8 Å². The van der Waals surface area contributed by atoms with Crippen LogP contribution in [0, 0.1) is 5.92 Å². The van der Waals surface area contributed by atoms with Crippen molar-refractivity contribution in [2.75, 3.05) is 11.6 Å². The van der Waals surface area contributed by atoms with Gasteiger partial charge in [-0.1, -0.05) is 30.8 Å². The monoisotopic (exact) mass is 342 g/mol. The molecule has 24 heavy (non-hydrogen) atoms. The van der Waals surface area contributed by atoms with E-state index in [9.17, 15) is 9.90 Å². The Morgan fingerprint density at radius 1 is 1.38 bits per heavy atom. The molecule has 2 aliphatic rings. The maximum atomic E-state index is 12.8. The van der Waals surface area contributed by atoms with E-state index in [4.69, 9.17) is 0 Å². The van der Waals surface area contributed by atoms with Gasteiger partial charge in [0.25, 0.3) is 0 Å². The van der Waals surface area contributed by atoms with Crippen molar-refractivity contribution in [2.24, 2.45) is 5.92 Å². The molecule has 0 saturated heterocycles. The summed E-state index contributed by atoms with van der Waals surface area (Å²) in [5.74, 6) is 1.27. The van der Waals surface area contributed by atoms with Crippen LogP contribution in [-0.4, -0.2) is 31.9 Å². The zero-order valence-electron chi connectivity index (χ0n) is 13.5. The van der Waals surface area contributed by atoms with Crippen molar-refractivity contribution in [3.05, 3.63) is 41.1 Å². The molecule has 0 saturated carbocycles. The quantitative estimate of drug-likeness (QED) is 0.817. The van der Waals surface area contributed by atoms with E-state index in [1.54, 1.807) is 22.9 Å². The number of rotatable bonds is 2. The molecule has 1 aliphatic carbocycles. The Kier molecular flexibility index (Phi) is 3.60. The summed E-state index contributed by atoms with van der Waals surface area (Å²) in [6.45, 7) is 2.08. The first-order chi connectivity index (χ1) is 11.6. The molecule has 1 aliphatic heterocycles. The number of fused-ring (bicyclic) bond motifs is 1. The van der Waals surface area contributed by atoms with Gasteiger partial charge in [0, 0.05) is 17.7 Å². The predicted molar refractivity (Wildman–Crippen MR) is 92.1 cm³/mol. The molecular weight excluding hydrogens is 324 g/mol. The number of nitrogens with zero attached hydrogens (tertiary/aromatic N) is 3. The van der Waals surface area contributed by atoms with Gasteiger partial charge in [0.2, 0.25) is 11.1 Å². The van der Waals surface area contributed by atoms with Crippen LogP contribution in [0.5, 0.6) is 5.75 Å². The van der Waals surface area contributed by atoms with Gasteiger partial charge in [0.05, 0.1) is 0 Å². The van der Waals surface area contributed by atoms with Gasteiger partial charge in [-0.15, -0.1) is 5.10 Å². The molecule has 0 fully saturated rings. The molecule has 6 nitrogen and oxygen atoms in total. The second kappa shape index (κ2) is 5.66. The Balaban J connectivity index is 1.92. The second-order valence-electron chi connectivity index (χ2n) is 6.32. The number of benzene rings is 1. The number of hydrogen-bond donors (Lipinski definition) is 2. The predicted octanol–water partition coefficient (Wildman–Crippen LogP) is 2.97. The molecule has 1 aromatic heterocycles. The number of ketones is 1. The molecular formula is C17H18N4O2S. The summed E-state index contributed by atoms with van der Waals surface area (Å²) in [4.78, 5) is 17.3. The topological polar surface area (TPSA) is 80.0 Å². The maximum Gasteiger partial charge on any atom is 0.227 e. The van der Waals surface area contributed by atoms with Crippen LogP contribution in [0.4, 0.5) is 5.95 Å². The lowest BCUT2D eigenvalue weighted by atomic mass is 9.81. The third-order valence-electron chi connectivity index (χ3n) is 4.47. The molecule has 124 valence electrons. The Bertz CT molecular complexity index is 858. The van der Waals surface area contributed by atoms with Crippen molar-refractivity contribution in [3.8, 4) is 5.75 Å². The van der Waals surface area contributed by atoms with Crippen molar-refractivity contribution < 1.29 is 9.90 Å². The second-order valence-corrected chi connectivity index (χ2v) is 7.09. The summed E-state index contributed by atoms with van der Waals surface area (Å²) in [6, 6.07) is 6.66. The molecule has 1 aromatic carbocycles. The van der Waals surface area contributed by atoms with Crippen molar-refractivity contribution in [1.82, 2.24) is 14.8 Å². The molecule has 2 aromatic rings. The number of phenolic OH excluding ortho intramolecular Hbond substituents is 1. The highest BCUT2D eigenvalue weighted by Gasteiger charge is 2.38. The number of carbonyl (C=O) groups is 1. The highest BCUT2D eigenvalue weighted by molar-refractivity contribution is 7.98. The summed E-state index contributed by atoms with van der Waals surface area (Å²) < 4.78 is 1.76. The fourth-order valence-corrected chi connectivity index (χ4v) is 3.82. The normalized spacial score (nSPS) is 22.8. The third kappa shape index (κ3) is 2.39. The highest BCUT2D eigenvalue weighted by atomic mass is 32.2. The summed E-state index contributed by atoms with van der Waals surface area (Å²) in [5.41, 5.74) is 2.51. The molecule has 4 rings (SSSR count). The van der Waals surface area contributed by atoms with E-state index in [1.807, 2.05) is 12.3 Å². The van der Waals surface area contributed by atoms with Gasteiger partial charge in [-0.2, -0.15) is 4.98 Å². The first-order valence-electron chi connectivity index (χ1n) is 7.89. The minimum absolute atomic E-state index is 0.136. The summed E-state index contributed by atoms with van der Waals surface area (Å²) in [6.07, 6.45) is 3.28. The average molecular weight is 342 g/mol. The van der Waals surface area contributed by atoms with Gasteiger partial charge in [-0.05, 0) is 36.3 Å². The molecule has 0 radical (unpaired) electrons. The molecule has 2 atom stereocenters. The van der Waals surface area contributed by atoms with Gasteiger partial charge in [0.15, 0.2) is 5.78 Å². The van der Waals surface area contributed by atoms with Crippen molar-refractivity contribution in [1.29, 1.82) is 0 Å². The number of phenols is 1. The number of Topliss-reactive ketones (excluding diaryl/α,β-unsaturated/α-hetero) is 1. The number of aromatic hydroxyl groups is 1. The fraction of sp³-hybridized carbons (Fsp3) is 0.353. The van der Waals surface area contributed by atoms with E-state index in [0.717, 1.165) is 23.3 Å². The van der Waals surface area contributed by atoms with Gasteiger partial charge in [-0.3, -0.25) is 4.79 Å². The van der Waals surface area contributed by atoms with E-state index < -0.39 is 0 Å². The number of aromatic nitrogens is 3. The Morgan fingerprint density at radius 3 is 2.96 bits per heavy atom. The summed E-state index contributed by atoms with van der Waals surface area (Å²) in [5, 5.41) is 18.4. The first-order valence-corrected chi connectivity index (χ1v) is 9.12. The fourth-order valence-electron chi connectivity index (χ4n) is 3.48. The van der Waals surface area contributed by atoms with Crippen LogP contribution in [0.25, 0.3) is 0 Å². The number of hydrogen-bond acceptors (Lipinski definition) is 6. The van der Waals surface area contributed by atoms with Crippen LogP contribution in [-0.2, 0) is 4.79 Å². The van der Waals surface area contributed by atoms with Crippen molar-refractivity contribution in [2.45, 2.75) is 31.0 Å². The van der Waals surface area contributed by atoms with Gasteiger partial charge in [-0.25, -0.2) is 4.68 Å². The van der Waals surface area contributed by atoms with E-state index in [1.165, 1.54) is 11.8 Å². The largest absolute Gasteiger partial charge is 0.508 e. The van der Waals surface area contributed by atoms with Gasteiger partial charge >= 0.3 is 0 Å². The number of carbonyl (C=O) groups excluding carboxylic acids is 1. The molecule has 0 spiro atoms. The standard InChI is InChI=1S/C17H18N4O2S/c1-9-6-12-14(13(23)7-9)15(10-4-3-5-11(22)8-10)21-16(18-12)19-17(20-21)24-2/h3-5,8-9,15,22H,6-7H2,1-2H3,(H,18,19,20). The smallest absolute Gasteiger partial charge is 0.227 e. The first kappa shape index (κ1) is 15.3. The Labute approximate surface area is 144 Å². The molecule has 0 bridgehead atoms. The zero-order chi connectivity index (χ0) is 16.8. The van der Waals surface area contributed by atoms with Crippen LogP contribution in [0.2, 0.25) is 0 Å². The van der Waals surface area contributed by atoms with Crippen molar-refractivity contribution in [3.63, 3.8) is 0 Å². The molecule has 7 heteroatoms. The van der Waals surface area contributed by atoms with Crippen LogP contribution < -0.4 is 5.32 Å².